The third-order valence-electron chi connectivity index (χ3n) is 4.09. The molecule has 0 aliphatic rings. The summed E-state index contributed by atoms with van der Waals surface area (Å²) < 4.78 is 0. The second kappa shape index (κ2) is 13.0. The Labute approximate surface area is 185 Å². The lowest BCUT2D eigenvalue weighted by Crippen LogP contribution is -2.03. The predicted octanol–water partition coefficient (Wildman–Crippen LogP) is 4.71. The van der Waals surface area contributed by atoms with Crippen LogP contribution in [0.3, 0.4) is 0 Å². The Morgan fingerprint density at radius 1 is 0.656 bits per heavy atom. The van der Waals surface area contributed by atoms with Crippen LogP contribution in [0.25, 0.3) is 11.1 Å². The summed E-state index contributed by atoms with van der Waals surface area (Å²) in [5.74, 6) is 0.503. The van der Waals surface area contributed by atoms with Gasteiger partial charge < -0.3 is 31.9 Å². The normalized spacial score (nSPS) is 9.28. The van der Waals surface area contributed by atoms with Crippen molar-refractivity contribution in [1.29, 1.82) is 0 Å². The van der Waals surface area contributed by atoms with E-state index < -0.39 is 12.2 Å². The number of hydrogen-bond acceptors (Lipinski definition) is 4. The van der Waals surface area contributed by atoms with Gasteiger partial charge in [0.1, 0.15) is 11.5 Å². The first kappa shape index (κ1) is 25.6. The Bertz CT molecular complexity index is 963. The van der Waals surface area contributed by atoms with Gasteiger partial charge in [-0.05, 0) is 58.5 Å². The highest BCUT2D eigenvalue weighted by atomic mass is 16.4. The minimum atomic E-state index is -1.33. The molecule has 0 radical (unpaired) electrons. The van der Waals surface area contributed by atoms with E-state index >= 15 is 0 Å². The Hall–Kier alpha value is -4.46. The molecule has 0 heterocycles. The van der Waals surface area contributed by atoms with Gasteiger partial charge in [0.15, 0.2) is 0 Å². The van der Waals surface area contributed by atoms with E-state index in [1.807, 2.05) is 42.5 Å². The van der Waals surface area contributed by atoms with Crippen LogP contribution < -0.4 is 11.5 Å². The van der Waals surface area contributed by atoms with Crippen molar-refractivity contribution in [3.8, 4) is 11.5 Å². The topological polar surface area (TPSA) is 167 Å². The van der Waals surface area contributed by atoms with Crippen molar-refractivity contribution < 1.29 is 30.0 Å². The monoisotopic (exact) mass is 438 g/mol. The highest BCUT2D eigenvalue weighted by molar-refractivity contribution is 5.98. The summed E-state index contributed by atoms with van der Waals surface area (Å²) in [5, 5.41) is 33.6. The van der Waals surface area contributed by atoms with Crippen molar-refractivity contribution in [3.63, 3.8) is 0 Å². The van der Waals surface area contributed by atoms with Gasteiger partial charge in [-0.2, -0.15) is 0 Å². The summed E-state index contributed by atoms with van der Waals surface area (Å²) >= 11 is 0. The Morgan fingerprint density at radius 3 is 1.31 bits per heavy atom. The molecule has 32 heavy (non-hydrogen) atoms. The van der Waals surface area contributed by atoms with Crippen LogP contribution in [-0.2, 0) is 0 Å². The maximum absolute atomic E-state index is 9.61. The summed E-state index contributed by atoms with van der Waals surface area (Å²) in [6.07, 6.45) is -1.79. The lowest BCUT2D eigenvalue weighted by molar-refractivity contribution is 0.204. The number of hydrogen-bond donors (Lipinski definition) is 6. The first-order valence-electron chi connectivity index (χ1n) is 9.49. The first-order chi connectivity index (χ1) is 15.1. The fourth-order valence-corrected chi connectivity index (χ4v) is 2.94. The van der Waals surface area contributed by atoms with Crippen molar-refractivity contribution >= 4 is 23.3 Å². The number of nitrogens with two attached hydrogens (primary N) is 2. The van der Waals surface area contributed by atoms with E-state index in [-0.39, 0.29) is 11.5 Å². The van der Waals surface area contributed by atoms with E-state index in [1.165, 1.54) is 11.1 Å². The lowest BCUT2D eigenvalue weighted by atomic mass is 9.88. The molecule has 0 aromatic heterocycles. The zero-order valence-electron chi connectivity index (χ0n) is 17.5. The van der Waals surface area contributed by atoms with Crippen LogP contribution >= 0.6 is 0 Å². The van der Waals surface area contributed by atoms with Crippen molar-refractivity contribution in [2.75, 3.05) is 0 Å². The van der Waals surface area contributed by atoms with Crippen molar-refractivity contribution in [3.05, 3.63) is 95.6 Å². The minimum Gasteiger partial charge on any atom is -0.508 e. The van der Waals surface area contributed by atoms with E-state index in [2.05, 4.69) is 30.5 Å². The molecule has 2 amide bonds. The van der Waals surface area contributed by atoms with Crippen LogP contribution in [0.5, 0.6) is 11.5 Å². The van der Waals surface area contributed by atoms with Gasteiger partial charge in [0, 0.05) is 0 Å². The zero-order chi connectivity index (χ0) is 24.1. The molecule has 0 spiro atoms. The smallest absolute Gasteiger partial charge is 0.402 e. The maximum atomic E-state index is 9.61. The molecular weight excluding hydrogens is 412 g/mol. The average molecular weight is 438 g/mol. The number of benzene rings is 3. The molecule has 3 aromatic rings. The highest BCUT2D eigenvalue weighted by Gasteiger charge is 2.13. The van der Waals surface area contributed by atoms with Gasteiger partial charge in [-0.25, -0.2) is 9.59 Å². The van der Waals surface area contributed by atoms with Crippen LogP contribution in [0.4, 0.5) is 9.59 Å². The van der Waals surface area contributed by atoms with Gasteiger partial charge in [0.25, 0.3) is 0 Å². The standard InChI is InChI=1S/C22H20O2.2CH3NO2/c1-2-21(16-6-4-3-5-7-16)22(17-8-12-19(23)13-9-17)18-10-14-20(24)15-11-18;2*2-1(3)4/h3-15,23-24H,2H2,1H3;2*2H2,(H,3,4). The van der Waals surface area contributed by atoms with Crippen LogP contribution in [0, 0.1) is 0 Å². The molecule has 168 valence electrons. The van der Waals surface area contributed by atoms with E-state index in [9.17, 15) is 10.2 Å². The average Bonchev–Trinajstić information content (AvgIpc) is 2.73. The van der Waals surface area contributed by atoms with E-state index in [0.29, 0.717) is 0 Å². The van der Waals surface area contributed by atoms with Gasteiger partial charge in [-0.15, -0.1) is 0 Å². The number of phenols is 2. The second-order valence-corrected chi connectivity index (χ2v) is 6.34. The minimum absolute atomic E-state index is 0.251. The molecule has 0 aliphatic carbocycles. The molecule has 0 unspecified atom stereocenters. The summed E-state index contributed by atoms with van der Waals surface area (Å²) in [7, 11) is 0. The summed E-state index contributed by atoms with van der Waals surface area (Å²) in [5.41, 5.74) is 13.7. The SMILES string of the molecule is CCC(=C(c1ccc(O)cc1)c1ccc(O)cc1)c1ccccc1.NC(=O)O.NC(=O)O. The highest BCUT2D eigenvalue weighted by Crippen LogP contribution is 2.35. The third kappa shape index (κ3) is 8.91. The maximum Gasteiger partial charge on any atom is 0.402 e. The fraction of sp³-hybridized carbons (Fsp3) is 0.0833. The van der Waals surface area contributed by atoms with Crippen LogP contribution in [0.15, 0.2) is 78.9 Å². The number of allylic oxidation sites excluding steroid dienone is 1. The van der Waals surface area contributed by atoms with Crippen LogP contribution in [0.2, 0.25) is 0 Å². The number of carboxylic acid groups (broad SMARTS) is 2. The molecule has 8 N–H and O–H groups in total. The van der Waals surface area contributed by atoms with Crippen LogP contribution in [0.1, 0.15) is 30.0 Å². The first-order valence-corrected chi connectivity index (χ1v) is 9.49. The lowest BCUT2D eigenvalue weighted by Gasteiger charge is -2.16. The molecule has 0 bridgehead atoms. The fourth-order valence-electron chi connectivity index (χ4n) is 2.94. The Morgan fingerprint density at radius 2 is 1.00 bits per heavy atom. The summed E-state index contributed by atoms with van der Waals surface area (Å²) in [6, 6.07) is 24.8. The third-order valence-corrected chi connectivity index (χ3v) is 4.09. The molecule has 0 fully saturated rings. The number of rotatable bonds is 4. The molecule has 3 rings (SSSR count). The summed E-state index contributed by atoms with van der Waals surface area (Å²) in [6.45, 7) is 2.14. The van der Waals surface area contributed by atoms with Gasteiger partial charge in [-0.3, -0.25) is 0 Å². The molecule has 8 nitrogen and oxygen atoms in total. The van der Waals surface area contributed by atoms with Gasteiger partial charge in [0.05, 0.1) is 0 Å². The summed E-state index contributed by atoms with van der Waals surface area (Å²) in [4.78, 5) is 17.6. The Kier molecular flexibility index (Phi) is 10.4. The number of carbonyl (C=O) groups is 2. The van der Waals surface area contributed by atoms with Crippen molar-refractivity contribution in [2.24, 2.45) is 11.5 Å². The van der Waals surface area contributed by atoms with E-state index in [4.69, 9.17) is 19.8 Å². The van der Waals surface area contributed by atoms with Gasteiger partial charge >= 0.3 is 12.2 Å². The second-order valence-electron chi connectivity index (χ2n) is 6.34. The van der Waals surface area contributed by atoms with Gasteiger partial charge in [-0.1, -0.05) is 61.5 Å². The molecule has 3 aromatic carbocycles. The number of primary amides is 2. The number of phenolic OH excluding ortho intramolecular Hbond substituents is 2. The number of amides is 2. The van der Waals surface area contributed by atoms with E-state index in [1.54, 1.807) is 24.3 Å². The van der Waals surface area contributed by atoms with Crippen LogP contribution in [-0.4, -0.2) is 32.6 Å². The Balaban J connectivity index is 0.000000554. The number of aromatic hydroxyl groups is 2. The van der Waals surface area contributed by atoms with Crippen molar-refractivity contribution in [2.45, 2.75) is 13.3 Å². The van der Waals surface area contributed by atoms with E-state index in [0.717, 1.165) is 23.1 Å². The largest absolute Gasteiger partial charge is 0.508 e. The molecule has 8 heteroatoms. The molecule has 0 saturated heterocycles. The molecule has 0 saturated carbocycles. The quantitative estimate of drug-likeness (QED) is 0.322. The van der Waals surface area contributed by atoms with Gasteiger partial charge in [0.2, 0.25) is 0 Å². The zero-order valence-corrected chi connectivity index (χ0v) is 17.5. The molecular formula is C24H26N2O6. The molecule has 0 aliphatic heterocycles. The predicted molar refractivity (Wildman–Crippen MR) is 123 cm³/mol. The van der Waals surface area contributed by atoms with Crippen molar-refractivity contribution in [1.82, 2.24) is 0 Å². The molecule has 0 atom stereocenters.